The van der Waals surface area contributed by atoms with Gasteiger partial charge in [0.05, 0.1) is 6.21 Å². The van der Waals surface area contributed by atoms with Crippen LogP contribution in [-0.4, -0.2) is 24.0 Å². The van der Waals surface area contributed by atoms with E-state index in [4.69, 9.17) is 15.7 Å². The molecule has 0 unspecified atom stereocenters. The molecule has 0 saturated heterocycles. The topological polar surface area (TPSA) is 92.2 Å². The van der Waals surface area contributed by atoms with Crippen LogP contribution in [0.2, 0.25) is 0 Å². The molecule has 6 nitrogen and oxygen atoms in total. The smallest absolute Gasteiger partial charge is 0.237 e. The molecule has 0 spiro atoms. The van der Waals surface area contributed by atoms with Gasteiger partial charge in [0.15, 0.2) is 0 Å². The molecule has 1 aromatic carbocycles. The van der Waals surface area contributed by atoms with Crippen molar-refractivity contribution in [3.05, 3.63) is 28.2 Å². The zero-order valence-corrected chi connectivity index (χ0v) is 10.8. The number of hydrogen-bond donors (Lipinski definition) is 3. The van der Waals surface area contributed by atoms with Crippen molar-refractivity contribution in [3.63, 3.8) is 0 Å². The van der Waals surface area contributed by atoms with Gasteiger partial charge in [-0.1, -0.05) is 15.9 Å². The fraction of sp³-hybridized carbons (Fsp3) is 0.200. The minimum absolute atomic E-state index is 0.180. The zero-order valence-electron chi connectivity index (χ0n) is 9.22. The van der Waals surface area contributed by atoms with E-state index in [9.17, 15) is 0 Å². The van der Waals surface area contributed by atoms with Crippen LogP contribution < -0.4 is 16.0 Å². The van der Waals surface area contributed by atoms with Gasteiger partial charge in [0.2, 0.25) is 5.96 Å². The Balaban J connectivity index is 2.46. The van der Waals surface area contributed by atoms with Crippen LogP contribution in [0.25, 0.3) is 0 Å². The fourth-order valence-corrected chi connectivity index (χ4v) is 1.54. The molecule has 4 N–H and O–H groups in total. The van der Waals surface area contributed by atoms with Gasteiger partial charge in [-0.05, 0) is 30.7 Å². The van der Waals surface area contributed by atoms with Crippen LogP contribution >= 0.6 is 15.9 Å². The lowest BCUT2D eigenvalue weighted by atomic mass is 10.2. The van der Waals surface area contributed by atoms with Gasteiger partial charge in [-0.25, -0.2) is 5.48 Å². The lowest BCUT2D eigenvalue weighted by Crippen LogP contribution is -2.27. The average Bonchev–Trinajstić information content (AvgIpc) is 2.30. The summed E-state index contributed by atoms with van der Waals surface area (Å²) in [5.41, 5.74) is 7.81. The quantitative estimate of drug-likeness (QED) is 0.445. The van der Waals surface area contributed by atoms with Crippen LogP contribution in [0.1, 0.15) is 5.56 Å². The molecule has 1 rings (SSSR count). The standard InChI is InChI=1S/C10H13BrN4O2/c1-7-6-8(11)2-3-9(7)17-5-4-13-14-10(12)15-16/h2-4,6,16H,5H2,1H3,(H3,12,14,15)/b13-4-. The third kappa shape index (κ3) is 4.83. The number of hydroxylamine groups is 1. The normalized spacial score (nSPS) is 11.8. The number of hydrogen-bond acceptors (Lipinski definition) is 4. The molecule has 7 heteroatoms. The van der Waals surface area contributed by atoms with Gasteiger partial charge in [-0.3, -0.25) is 5.21 Å². The van der Waals surface area contributed by atoms with Gasteiger partial charge in [0.1, 0.15) is 12.4 Å². The van der Waals surface area contributed by atoms with Crippen molar-refractivity contribution in [1.29, 1.82) is 0 Å². The summed E-state index contributed by atoms with van der Waals surface area (Å²) >= 11 is 3.37. The van der Waals surface area contributed by atoms with Crippen LogP contribution in [0.3, 0.4) is 0 Å². The fourth-order valence-electron chi connectivity index (χ4n) is 1.06. The van der Waals surface area contributed by atoms with E-state index in [1.807, 2.05) is 25.1 Å². The summed E-state index contributed by atoms with van der Waals surface area (Å²) in [5, 5.41) is 15.3. The van der Waals surface area contributed by atoms with Gasteiger partial charge in [0, 0.05) is 4.47 Å². The zero-order chi connectivity index (χ0) is 12.7. The monoisotopic (exact) mass is 300 g/mol. The molecule has 0 atom stereocenters. The molecule has 0 saturated carbocycles. The van der Waals surface area contributed by atoms with Crippen LogP contribution in [0.5, 0.6) is 5.75 Å². The maximum absolute atomic E-state index is 8.32. The third-order valence-electron chi connectivity index (χ3n) is 1.81. The molecule has 0 aliphatic heterocycles. The lowest BCUT2D eigenvalue weighted by molar-refractivity contribution is 0.232. The van der Waals surface area contributed by atoms with E-state index in [-0.39, 0.29) is 12.6 Å². The third-order valence-corrected chi connectivity index (χ3v) is 2.31. The summed E-state index contributed by atoms with van der Waals surface area (Å²) in [7, 11) is 0. The maximum Gasteiger partial charge on any atom is 0.237 e. The van der Waals surface area contributed by atoms with Gasteiger partial charge >= 0.3 is 0 Å². The highest BCUT2D eigenvalue weighted by molar-refractivity contribution is 9.10. The van der Waals surface area contributed by atoms with E-state index in [0.29, 0.717) is 0 Å². The molecule has 0 aliphatic rings. The van der Waals surface area contributed by atoms with E-state index >= 15 is 0 Å². The first kappa shape index (κ1) is 13.5. The van der Waals surface area contributed by atoms with Gasteiger partial charge in [0.25, 0.3) is 0 Å². The van der Waals surface area contributed by atoms with Gasteiger partial charge in [-0.2, -0.15) is 5.10 Å². The molecule has 0 fully saturated rings. The van der Waals surface area contributed by atoms with Crippen molar-refractivity contribution in [3.8, 4) is 5.75 Å². The summed E-state index contributed by atoms with van der Waals surface area (Å²) < 4.78 is 6.45. The van der Waals surface area contributed by atoms with Crippen molar-refractivity contribution in [2.24, 2.45) is 15.9 Å². The highest BCUT2D eigenvalue weighted by atomic mass is 79.9. The highest BCUT2D eigenvalue weighted by Crippen LogP contribution is 2.21. The summed E-state index contributed by atoms with van der Waals surface area (Å²) in [5.74, 6) is 0.595. The molecular formula is C10H13BrN4O2. The Hall–Kier alpha value is -1.60. The predicted molar refractivity (Wildman–Crippen MR) is 69.4 cm³/mol. The van der Waals surface area contributed by atoms with Crippen molar-refractivity contribution in [2.45, 2.75) is 6.92 Å². The Morgan fingerprint density at radius 2 is 2.41 bits per heavy atom. The van der Waals surface area contributed by atoms with Crippen molar-refractivity contribution < 1.29 is 9.94 Å². The molecule has 0 aliphatic carbocycles. The summed E-state index contributed by atoms with van der Waals surface area (Å²) in [6.07, 6.45) is 1.44. The first-order valence-corrected chi connectivity index (χ1v) is 5.57. The number of rotatable bonds is 4. The minimum Gasteiger partial charge on any atom is -0.488 e. The Morgan fingerprint density at radius 3 is 3.06 bits per heavy atom. The van der Waals surface area contributed by atoms with Gasteiger partial charge in [-0.15, -0.1) is 5.10 Å². The molecule has 17 heavy (non-hydrogen) atoms. The molecule has 1 aromatic rings. The van der Waals surface area contributed by atoms with E-state index in [1.54, 1.807) is 5.48 Å². The number of guanidine groups is 1. The van der Waals surface area contributed by atoms with Crippen LogP contribution in [0.15, 0.2) is 32.9 Å². The molecule has 0 aromatic heterocycles. The molecular weight excluding hydrogens is 288 g/mol. The average molecular weight is 301 g/mol. The number of nitrogens with zero attached hydrogens (tertiary/aromatic N) is 2. The van der Waals surface area contributed by atoms with E-state index < -0.39 is 0 Å². The summed E-state index contributed by atoms with van der Waals surface area (Å²) in [4.78, 5) is 0. The number of halogens is 1. The first-order valence-electron chi connectivity index (χ1n) is 4.77. The largest absolute Gasteiger partial charge is 0.488 e. The number of nitrogens with two attached hydrogens (primary N) is 1. The first-order chi connectivity index (χ1) is 8.13. The Bertz CT molecular complexity index is 434. The molecule has 0 bridgehead atoms. The predicted octanol–water partition coefficient (Wildman–Crippen LogP) is 1.42. The van der Waals surface area contributed by atoms with Crippen LogP contribution in [0.4, 0.5) is 0 Å². The summed E-state index contributed by atoms with van der Waals surface area (Å²) in [6, 6.07) is 5.71. The van der Waals surface area contributed by atoms with Crippen molar-refractivity contribution in [2.75, 3.05) is 6.61 Å². The Labute approximate surface area is 107 Å². The maximum atomic E-state index is 8.32. The molecule has 0 radical (unpaired) electrons. The highest BCUT2D eigenvalue weighted by Gasteiger charge is 1.98. The number of nitrogens with one attached hydrogen (secondary N) is 1. The number of benzene rings is 1. The molecule has 0 heterocycles. The van der Waals surface area contributed by atoms with E-state index in [2.05, 4.69) is 26.1 Å². The summed E-state index contributed by atoms with van der Waals surface area (Å²) in [6.45, 7) is 2.22. The van der Waals surface area contributed by atoms with Gasteiger partial charge < -0.3 is 10.5 Å². The Kier molecular flexibility index (Phi) is 5.44. The SMILES string of the molecule is Cc1cc(Br)ccc1OC/C=N\N=C(N)NO. The lowest BCUT2D eigenvalue weighted by Gasteiger charge is -2.06. The van der Waals surface area contributed by atoms with E-state index in [0.717, 1.165) is 15.8 Å². The van der Waals surface area contributed by atoms with Crippen molar-refractivity contribution in [1.82, 2.24) is 5.48 Å². The Morgan fingerprint density at radius 1 is 1.65 bits per heavy atom. The molecule has 0 amide bonds. The second-order valence-electron chi connectivity index (χ2n) is 3.12. The second-order valence-corrected chi connectivity index (χ2v) is 4.03. The van der Waals surface area contributed by atoms with Crippen LogP contribution in [0, 0.1) is 6.92 Å². The minimum atomic E-state index is -0.180. The number of ether oxygens (including phenoxy) is 1. The van der Waals surface area contributed by atoms with Crippen molar-refractivity contribution >= 4 is 28.1 Å². The number of aryl methyl sites for hydroxylation is 1. The van der Waals surface area contributed by atoms with E-state index in [1.165, 1.54) is 6.21 Å². The van der Waals surface area contributed by atoms with Crippen LogP contribution in [-0.2, 0) is 0 Å². The molecule has 92 valence electrons. The second kappa shape index (κ2) is 6.87.